The Balaban J connectivity index is 1.91. The third-order valence-electron chi connectivity index (χ3n) is 3.29. The Hall–Kier alpha value is -1.20. The van der Waals surface area contributed by atoms with Crippen LogP contribution in [0.25, 0.3) is 10.2 Å². The standard InChI is InChI=1S/C14H22N4S/c1-4-18(5-2)8-6-7-15-13-12-9-11(3)19-14(12)17-10-16-13/h9-10H,4-8H2,1-3H3,(H,15,16,17). The van der Waals surface area contributed by atoms with Crippen molar-refractivity contribution >= 4 is 27.4 Å². The second kappa shape index (κ2) is 6.82. The Labute approximate surface area is 118 Å². The van der Waals surface area contributed by atoms with Crippen molar-refractivity contribution < 1.29 is 0 Å². The fourth-order valence-electron chi connectivity index (χ4n) is 2.17. The predicted molar refractivity (Wildman–Crippen MR) is 83.0 cm³/mol. The van der Waals surface area contributed by atoms with Crippen LogP contribution in [0.5, 0.6) is 0 Å². The van der Waals surface area contributed by atoms with Gasteiger partial charge in [0.25, 0.3) is 0 Å². The smallest absolute Gasteiger partial charge is 0.138 e. The molecule has 0 aliphatic carbocycles. The van der Waals surface area contributed by atoms with Crippen LogP contribution in [0.2, 0.25) is 0 Å². The van der Waals surface area contributed by atoms with Crippen molar-refractivity contribution in [3.05, 3.63) is 17.3 Å². The van der Waals surface area contributed by atoms with Crippen molar-refractivity contribution in [1.29, 1.82) is 0 Å². The Bertz CT molecular complexity index is 519. The van der Waals surface area contributed by atoms with Gasteiger partial charge in [-0.3, -0.25) is 0 Å². The Kier molecular flexibility index (Phi) is 5.10. The topological polar surface area (TPSA) is 41.0 Å². The molecule has 5 heteroatoms. The molecule has 0 amide bonds. The number of anilines is 1. The van der Waals surface area contributed by atoms with E-state index < -0.39 is 0 Å². The molecule has 0 fully saturated rings. The molecule has 2 aromatic heterocycles. The zero-order chi connectivity index (χ0) is 13.7. The molecule has 0 radical (unpaired) electrons. The molecule has 2 heterocycles. The molecule has 0 spiro atoms. The first kappa shape index (κ1) is 14.2. The molecule has 19 heavy (non-hydrogen) atoms. The van der Waals surface area contributed by atoms with E-state index in [2.05, 4.69) is 47.0 Å². The van der Waals surface area contributed by atoms with E-state index in [0.717, 1.165) is 48.6 Å². The lowest BCUT2D eigenvalue weighted by Gasteiger charge is -2.17. The molecule has 4 nitrogen and oxygen atoms in total. The maximum absolute atomic E-state index is 4.35. The van der Waals surface area contributed by atoms with Gasteiger partial charge in [-0.05, 0) is 39.0 Å². The summed E-state index contributed by atoms with van der Waals surface area (Å²) in [6, 6.07) is 2.16. The van der Waals surface area contributed by atoms with Gasteiger partial charge in [-0.2, -0.15) is 0 Å². The van der Waals surface area contributed by atoms with Crippen LogP contribution < -0.4 is 5.32 Å². The van der Waals surface area contributed by atoms with Crippen molar-refractivity contribution in [2.75, 3.05) is 31.5 Å². The van der Waals surface area contributed by atoms with Gasteiger partial charge in [0.15, 0.2) is 0 Å². The van der Waals surface area contributed by atoms with Crippen molar-refractivity contribution in [1.82, 2.24) is 14.9 Å². The lowest BCUT2D eigenvalue weighted by Crippen LogP contribution is -2.25. The zero-order valence-electron chi connectivity index (χ0n) is 11.9. The van der Waals surface area contributed by atoms with Gasteiger partial charge in [0.1, 0.15) is 17.0 Å². The van der Waals surface area contributed by atoms with Gasteiger partial charge < -0.3 is 10.2 Å². The number of fused-ring (bicyclic) bond motifs is 1. The second-order valence-electron chi connectivity index (χ2n) is 4.61. The third-order valence-corrected chi connectivity index (χ3v) is 4.25. The Morgan fingerprint density at radius 2 is 2.05 bits per heavy atom. The molecule has 104 valence electrons. The van der Waals surface area contributed by atoms with Crippen LogP contribution in [0.3, 0.4) is 0 Å². The fraction of sp³-hybridized carbons (Fsp3) is 0.571. The maximum atomic E-state index is 4.35. The van der Waals surface area contributed by atoms with Crippen LogP contribution in [0.1, 0.15) is 25.1 Å². The van der Waals surface area contributed by atoms with E-state index in [1.165, 1.54) is 4.88 Å². The number of thiophene rings is 1. The monoisotopic (exact) mass is 278 g/mol. The van der Waals surface area contributed by atoms with E-state index in [-0.39, 0.29) is 0 Å². The van der Waals surface area contributed by atoms with Crippen LogP contribution in [0.4, 0.5) is 5.82 Å². The van der Waals surface area contributed by atoms with Crippen LogP contribution >= 0.6 is 11.3 Å². The summed E-state index contributed by atoms with van der Waals surface area (Å²) in [4.78, 5) is 13.4. The summed E-state index contributed by atoms with van der Waals surface area (Å²) in [6.45, 7) is 10.9. The molecule has 0 bridgehead atoms. The lowest BCUT2D eigenvalue weighted by atomic mass is 10.3. The molecule has 2 rings (SSSR count). The first-order valence-electron chi connectivity index (χ1n) is 6.92. The van der Waals surface area contributed by atoms with E-state index in [1.54, 1.807) is 17.7 Å². The average Bonchev–Trinajstić information content (AvgIpc) is 2.80. The minimum absolute atomic E-state index is 0.956. The lowest BCUT2D eigenvalue weighted by molar-refractivity contribution is 0.303. The number of rotatable bonds is 7. The van der Waals surface area contributed by atoms with Crippen LogP contribution in [-0.2, 0) is 0 Å². The summed E-state index contributed by atoms with van der Waals surface area (Å²) >= 11 is 1.72. The fourth-order valence-corrected chi connectivity index (χ4v) is 3.01. The summed E-state index contributed by atoms with van der Waals surface area (Å²) in [5.74, 6) is 0.967. The zero-order valence-corrected chi connectivity index (χ0v) is 12.8. The maximum Gasteiger partial charge on any atom is 0.138 e. The normalized spacial score (nSPS) is 11.4. The highest BCUT2D eigenvalue weighted by atomic mass is 32.1. The van der Waals surface area contributed by atoms with Gasteiger partial charge in [0, 0.05) is 11.4 Å². The average molecular weight is 278 g/mol. The second-order valence-corrected chi connectivity index (χ2v) is 5.84. The summed E-state index contributed by atoms with van der Waals surface area (Å²) in [5, 5.41) is 4.58. The van der Waals surface area contributed by atoms with Crippen molar-refractivity contribution in [2.24, 2.45) is 0 Å². The summed E-state index contributed by atoms with van der Waals surface area (Å²) in [6.07, 6.45) is 2.78. The number of aromatic nitrogens is 2. The largest absolute Gasteiger partial charge is 0.369 e. The molecule has 0 aliphatic rings. The van der Waals surface area contributed by atoms with Crippen molar-refractivity contribution in [2.45, 2.75) is 27.2 Å². The quantitative estimate of drug-likeness (QED) is 0.790. The molecular formula is C14H22N4S. The van der Waals surface area contributed by atoms with E-state index in [9.17, 15) is 0 Å². The van der Waals surface area contributed by atoms with Gasteiger partial charge >= 0.3 is 0 Å². The Morgan fingerprint density at radius 3 is 2.79 bits per heavy atom. The van der Waals surface area contributed by atoms with Crippen molar-refractivity contribution in [3.8, 4) is 0 Å². The summed E-state index contributed by atoms with van der Waals surface area (Å²) in [7, 11) is 0. The molecule has 2 aromatic rings. The van der Waals surface area contributed by atoms with Gasteiger partial charge in [0.05, 0.1) is 5.39 Å². The highest BCUT2D eigenvalue weighted by molar-refractivity contribution is 7.18. The van der Waals surface area contributed by atoms with Crippen LogP contribution in [-0.4, -0.2) is 41.0 Å². The molecule has 0 saturated heterocycles. The molecule has 0 aromatic carbocycles. The van der Waals surface area contributed by atoms with Gasteiger partial charge in [-0.1, -0.05) is 13.8 Å². The SMILES string of the molecule is CCN(CC)CCCNc1ncnc2sc(C)cc12. The summed E-state index contributed by atoms with van der Waals surface area (Å²) < 4.78 is 0. The summed E-state index contributed by atoms with van der Waals surface area (Å²) in [5.41, 5.74) is 0. The van der Waals surface area contributed by atoms with E-state index in [0.29, 0.717) is 0 Å². The van der Waals surface area contributed by atoms with E-state index in [1.807, 2.05) is 0 Å². The first-order chi connectivity index (χ1) is 9.24. The van der Waals surface area contributed by atoms with Gasteiger partial charge in [0.2, 0.25) is 0 Å². The Morgan fingerprint density at radius 1 is 1.26 bits per heavy atom. The first-order valence-corrected chi connectivity index (χ1v) is 7.73. The minimum atomic E-state index is 0.956. The molecule has 0 saturated carbocycles. The predicted octanol–water partition coefficient (Wildman–Crippen LogP) is 3.14. The third kappa shape index (κ3) is 3.64. The number of hydrogen-bond acceptors (Lipinski definition) is 5. The molecule has 0 aliphatic heterocycles. The number of nitrogens with one attached hydrogen (secondary N) is 1. The van der Waals surface area contributed by atoms with E-state index >= 15 is 0 Å². The molecular weight excluding hydrogens is 256 g/mol. The highest BCUT2D eigenvalue weighted by Crippen LogP contribution is 2.27. The number of hydrogen-bond donors (Lipinski definition) is 1. The van der Waals surface area contributed by atoms with Gasteiger partial charge in [-0.15, -0.1) is 11.3 Å². The van der Waals surface area contributed by atoms with Crippen LogP contribution in [0, 0.1) is 6.92 Å². The van der Waals surface area contributed by atoms with Crippen LogP contribution in [0.15, 0.2) is 12.4 Å². The molecule has 0 atom stereocenters. The number of nitrogens with zero attached hydrogens (tertiary/aromatic N) is 3. The van der Waals surface area contributed by atoms with Crippen molar-refractivity contribution in [3.63, 3.8) is 0 Å². The van der Waals surface area contributed by atoms with E-state index in [4.69, 9.17) is 0 Å². The molecule has 0 unspecified atom stereocenters. The minimum Gasteiger partial charge on any atom is -0.369 e. The molecule has 1 N–H and O–H groups in total. The number of aryl methyl sites for hydroxylation is 1. The van der Waals surface area contributed by atoms with Gasteiger partial charge in [-0.25, -0.2) is 9.97 Å². The highest BCUT2D eigenvalue weighted by Gasteiger charge is 2.06.